The number of carbonyl (C=O) groups excluding carboxylic acids is 1. The molecule has 0 spiro atoms. The first-order valence-corrected chi connectivity index (χ1v) is 8.01. The fourth-order valence-corrected chi connectivity index (χ4v) is 2.92. The third-order valence-corrected chi connectivity index (χ3v) is 4.15. The molecular weight excluding hydrogens is 342 g/mol. The Bertz CT molecular complexity index is 968. The first-order chi connectivity index (χ1) is 12.1. The smallest absolute Gasteiger partial charge is 0.255 e. The van der Waals surface area contributed by atoms with Gasteiger partial charge in [-0.3, -0.25) is 4.79 Å². The zero-order chi connectivity index (χ0) is 17.4. The molecule has 0 bridgehead atoms. The molecule has 25 heavy (non-hydrogen) atoms. The van der Waals surface area contributed by atoms with E-state index in [-0.39, 0.29) is 12.7 Å². The van der Waals surface area contributed by atoms with Crippen molar-refractivity contribution >= 4 is 23.2 Å². The van der Waals surface area contributed by atoms with Crippen molar-refractivity contribution in [3.05, 3.63) is 64.9 Å². The molecule has 2 aromatic carbocycles. The van der Waals surface area contributed by atoms with Gasteiger partial charge in [-0.2, -0.15) is 5.10 Å². The summed E-state index contributed by atoms with van der Waals surface area (Å²) in [6.45, 7) is 2.07. The molecule has 0 atom stereocenters. The number of hydrogen-bond donors (Lipinski definition) is 1. The summed E-state index contributed by atoms with van der Waals surface area (Å²) in [6.07, 6.45) is 1.73. The number of aryl methyl sites for hydroxylation is 1. The number of aromatic nitrogens is 2. The second-order valence-corrected chi connectivity index (χ2v) is 5.99. The molecule has 7 heteroatoms. The second-order valence-electron chi connectivity index (χ2n) is 5.58. The molecule has 0 fully saturated rings. The lowest BCUT2D eigenvalue weighted by Crippen LogP contribution is -2.12. The van der Waals surface area contributed by atoms with Crippen molar-refractivity contribution in [1.29, 1.82) is 0 Å². The van der Waals surface area contributed by atoms with E-state index in [4.69, 9.17) is 21.1 Å². The van der Waals surface area contributed by atoms with E-state index in [2.05, 4.69) is 10.4 Å². The maximum Gasteiger partial charge on any atom is 0.255 e. The van der Waals surface area contributed by atoms with Gasteiger partial charge in [-0.25, -0.2) is 4.68 Å². The molecule has 0 saturated carbocycles. The van der Waals surface area contributed by atoms with Crippen molar-refractivity contribution in [2.75, 3.05) is 12.1 Å². The van der Waals surface area contributed by atoms with E-state index in [0.29, 0.717) is 27.8 Å². The van der Waals surface area contributed by atoms with E-state index in [1.165, 1.54) is 0 Å². The van der Waals surface area contributed by atoms with Crippen molar-refractivity contribution in [3.63, 3.8) is 0 Å². The molecule has 2 heterocycles. The van der Waals surface area contributed by atoms with Crippen LogP contribution in [0.25, 0.3) is 5.69 Å². The van der Waals surface area contributed by atoms with Gasteiger partial charge in [0.2, 0.25) is 6.79 Å². The Morgan fingerprint density at radius 1 is 1.24 bits per heavy atom. The van der Waals surface area contributed by atoms with E-state index in [0.717, 1.165) is 11.4 Å². The molecule has 1 aliphatic rings. The Balaban J connectivity index is 1.60. The lowest BCUT2D eigenvalue weighted by molar-refractivity contribution is 0.102. The molecule has 1 amide bonds. The Kier molecular flexibility index (Phi) is 3.82. The third-order valence-electron chi connectivity index (χ3n) is 3.87. The molecular formula is C18H14ClN3O3. The van der Waals surface area contributed by atoms with Crippen LogP contribution >= 0.6 is 11.6 Å². The highest BCUT2D eigenvalue weighted by Crippen LogP contribution is 2.39. The van der Waals surface area contributed by atoms with Crippen LogP contribution in [0.4, 0.5) is 5.69 Å². The Morgan fingerprint density at radius 2 is 2.12 bits per heavy atom. The normalized spacial score (nSPS) is 12.2. The van der Waals surface area contributed by atoms with Crippen LogP contribution in [-0.4, -0.2) is 22.5 Å². The SMILES string of the molecule is Cc1ccnn1-c1cccc(NC(=O)c2cc(Cl)c3c(c2)OCO3)c1. The minimum atomic E-state index is -0.283. The number of fused-ring (bicyclic) bond motifs is 1. The molecule has 4 rings (SSSR count). The highest BCUT2D eigenvalue weighted by molar-refractivity contribution is 6.32. The molecule has 1 aliphatic heterocycles. The molecule has 1 N–H and O–H groups in total. The number of amides is 1. The first kappa shape index (κ1) is 15.5. The lowest BCUT2D eigenvalue weighted by atomic mass is 10.1. The van der Waals surface area contributed by atoms with E-state index >= 15 is 0 Å². The van der Waals surface area contributed by atoms with E-state index in [9.17, 15) is 4.79 Å². The molecule has 0 saturated heterocycles. The number of benzene rings is 2. The van der Waals surface area contributed by atoms with Gasteiger partial charge < -0.3 is 14.8 Å². The van der Waals surface area contributed by atoms with Gasteiger partial charge in [0, 0.05) is 23.1 Å². The summed E-state index contributed by atoms with van der Waals surface area (Å²) < 4.78 is 12.4. The van der Waals surface area contributed by atoms with E-state index < -0.39 is 0 Å². The number of carbonyl (C=O) groups is 1. The fraction of sp³-hybridized carbons (Fsp3) is 0.111. The molecule has 0 unspecified atom stereocenters. The van der Waals surface area contributed by atoms with Crippen molar-refractivity contribution in [3.8, 4) is 17.2 Å². The predicted octanol–water partition coefficient (Wildman–Crippen LogP) is 3.82. The quantitative estimate of drug-likeness (QED) is 0.775. The van der Waals surface area contributed by atoms with Crippen LogP contribution in [-0.2, 0) is 0 Å². The molecule has 3 aromatic rings. The van der Waals surface area contributed by atoms with Crippen LogP contribution in [0.15, 0.2) is 48.7 Å². The van der Waals surface area contributed by atoms with Crippen LogP contribution in [0.1, 0.15) is 16.1 Å². The van der Waals surface area contributed by atoms with Crippen LogP contribution in [0.3, 0.4) is 0 Å². The fourth-order valence-electron chi connectivity index (χ4n) is 2.66. The van der Waals surface area contributed by atoms with Crippen molar-refractivity contribution < 1.29 is 14.3 Å². The number of anilines is 1. The number of nitrogens with one attached hydrogen (secondary N) is 1. The number of ether oxygens (including phenoxy) is 2. The summed E-state index contributed by atoms with van der Waals surface area (Å²) in [4.78, 5) is 12.5. The van der Waals surface area contributed by atoms with Crippen molar-refractivity contribution in [2.24, 2.45) is 0 Å². The van der Waals surface area contributed by atoms with Gasteiger partial charge >= 0.3 is 0 Å². The van der Waals surface area contributed by atoms with Gasteiger partial charge in [0.15, 0.2) is 11.5 Å². The number of rotatable bonds is 3. The highest BCUT2D eigenvalue weighted by Gasteiger charge is 2.20. The summed E-state index contributed by atoms with van der Waals surface area (Å²) in [7, 11) is 0. The molecule has 6 nitrogen and oxygen atoms in total. The number of hydrogen-bond acceptors (Lipinski definition) is 4. The van der Waals surface area contributed by atoms with Crippen LogP contribution in [0.5, 0.6) is 11.5 Å². The van der Waals surface area contributed by atoms with E-state index in [1.54, 1.807) is 23.0 Å². The third kappa shape index (κ3) is 2.92. The zero-order valence-corrected chi connectivity index (χ0v) is 14.1. The van der Waals surface area contributed by atoms with Crippen molar-refractivity contribution in [2.45, 2.75) is 6.92 Å². The van der Waals surface area contributed by atoms with Crippen LogP contribution in [0, 0.1) is 6.92 Å². The molecule has 0 radical (unpaired) electrons. The lowest BCUT2D eigenvalue weighted by Gasteiger charge is -2.10. The average Bonchev–Trinajstić information content (AvgIpc) is 3.24. The van der Waals surface area contributed by atoms with Gasteiger partial charge in [-0.15, -0.1) is 0 Å². The largest absolute Gasteiger partial charge is 0.454 e. The summed E-state index contributed by atoms with van der Waals surface area (Å²) in [5.41, 5.74) is 2.93. The van der Waals surface area contributed by atoms with Gasteiger partial charge in [-0.1, -0.05) is 17.7 Å². The summed E-state index contributed by atoms with van der Waals surface area (Å²) in [5.74, 6) is 0.655. The minimum absolute atomic E-state index is 0.103. The molecule has 126 valence electrons. The second kappa shape index (κ2) is 6.14. The summed E-state index contributed by atoms with van der Waals surface area (Å²) >= 11 is 6.14. The Morgan fingerprint density at radius 3 is 2.92 bits per heavy atom. The zero-order valence-electron chi connectivity index (χ0n) is 13.3. The van der Waals surface area contributed by atoms with Gasteiger partial charge in [0.05, 0.1) is 10.7 Å². The number of nitrogens with zero attached hydrogens (tertiary/aromatic N) is 2. The maximum absolute atomic E-state index is 12.5. The Labute approximate surface area is 148 Å². The van der Waals surface area contributed by atoms with Crippen molar-refractivity contribution in [1.82, 2.24) is 9.78 Å². The van der Waals surface area contributed by atoms with Gasteiger partial charge in [0.25, 0.3) is 5.91 Å². The molecule has 0 aliphatic carbocycles. The monoisotopic (exact) mass is 355 g/mol. The first-order valence-electron chi connectivity index (χ1n) is 7.63. The Hall–Kier alpha value is -2.99. The maximum atomic E-state index is 12.5. The molecule has 1 aromatic heterocycles. The van der Waals surface area contributed by atoms with E-state index in [1.807, 2.05) is 37.3 Å². The minimum Gasteiger partial charge on any atom is -0.454 e. The number of halogens is 1. The predicted molar refractivity (Wildman–Crippen MR) is 93.8 cm³/mol. The van der Waals surface area contributed by atoms with Crippen LogP contribution in [0.2, 0.25) is 5.02 Å². The summed E-state index contributed by atoms with van der Waals surface area (Å²) in [6, 6.07) is 12.5. The van der Waals surface area contributed by atoms with Gasteiger partial charge in [0.1, 0.15) is 0 Å². The highest BCUT2D eigenvalue weighted by atomic mass is 35.5. The summed E-state index contributed by atoms with van der Waals surface area (Å²) in [5, 5.41) is 7.48. The average molecular weight is 356 g/mol. The van der Waals surface area contributed by atoms with Gasteiger partial charge in [-0.05, 0) is 43.3 Å². The standard InChI is InChI=1S/C18H14ClN3O3/c1-11-5-6-20-22(11)14-4-2-3-13(9-14)21-18(23)12-7-15(19)17-16(8-12)24-10-25-17/h2-9H,10H2,1H3,(H,21,23). The van der Waals surface area contributed by atoms with Crippen LogP contribution < -0.4 is 14.8 Å². The topological polar surface area (TPSA) is 65.4 Å².